The monoisotopic (exact) mass is 497 g/mol. The van der Waals surface area contributed by atoms with Crippen molar-refractivity contribution in [3.05, 3.63) is 35.4 Å². The Morgan fingerprint density at radius 1 is 1.00 bits per heavy atom. The summed E-state index contributed by atoms with van der Waals surface area (Å²) in [7, 11) is 2.94. The molecule has 9 nitrogen and oxygen atoms in total. The molecule has 0 bridgehead atoms. The molecule has 0 N–H and O–H groups in total. The minimum Gasteiger partial charge on any atom is -0.493 e. The SMILES string of the molecule is CCOc1cc(N=NC(C(C)=O)C(=O)N(Cl)c2ccc(OC)c(OC)c2)cc(Cl)c1OCC. The first kappa shape index (κ1) is 26.2. The fourth-order valence-electron chi connectivity index (χ4n) is 2.77. The van der Waals surface area contributed by atoms with Crippen LogP contribution in [0.15, 0.2) is 40.6 Å². The third-order valence-corrected chi connectivity index (χ3v) is 4.92. The summed E-state index contributed by atoms with van der Waals surface area (Å²) in [5.41, 5.74) is 0.543. The van der Waals surface area contributed by atoms with Gasteiger partial charge in [-0.05, 0) is 39.0 Å². The van der Waals surface area contributed by atoms with Gasteiger partial charge < -0.3 is 18.9 Å². The number of hydrogen-bond acceptors (Lipinski definition) is 8. The zero-order valence-electron chi connectivity index (χ0n) is 18.9. The minimum absolute atomic E-state index is 0.256. The molecule has 1 unspecified atom stereocenters. The van der Waals surface area contributed by atoms with Gasteiger partial charge in [0.05, 0.1) is 43.8 Å². The van der Waals surface area contributed by atoms with Crippen molar-refractivity contribution in [2.24, 2.45) is 10.2 Å². The summed E-state index contributed by atoms with van der Waals surface area (Å²) in [5.74, 6) is 0.232. The van der Waals surface area contributed by atoms with Crippen LogP contribution in [-0.2, 0) is 9.59 Å². The molecule has 0 aromatic heterocycles. The van der Waals surface area contributed by atoms with Crippen LogP contribution >= 0.6 is 23.4 Å². The van der Waals surface area contributed by atoms with E-state index in [1.807, 2.05) is 13.8 Å². The molecule has 1 atom stereocenters. The van der Waals surface area contributed by atoms with Crippen molar-refractivity contribution in [2.45, 2.75) is 26.8 Å². The third-order valence-electron chi connectivity index (χ3n) is 4.28. The highest BCUT2D eigenvalue weighted by Crippen LogP contribution is 2.39. The fourth-order valence-corrected chi connectivity index (χ4v) is 3.23. The van der Waals surface area contributed by atoms with Gasteiger partial charge in [0.25, 0.3) is 5.91 Å². The van der Waals surface area contributed by atoms with Crippen molar-refractivity contribution in [1.29, 1.82) is 0 Å². The fraction of sp³-hybridized carbons (Fsp3) is 0.364. The third kappa shape index (κ3) is 6.49. The molecule has 0 aliphatic rings. The standard InChI is InChI=1S/C22H25Cl2N3O6/c1-6-32-19-11-14(10-16(23)21(19)33-7-2)25-26-20(13(3)28)22(29)27(24)15-8-9-17(30-4)18(12-15)31-5/h8-12,20H,6-7H2,1-5H3. The number of halogens is 2. The number of carbonyl (C=O) groups excluding carboxylic acids is 2. The Hall–Kier alpha value is -3.04. The lowest BCUT2D eigenvalue weighted by atomic mass is 10.2. The number of Topliss-reactive ketones (excluding diaryl/α,β-unsaturated/α-hetero) is 1. The van der Waals surface area contributed by atoms with Crippen LogP contribution in [0.5, 0.6) is 23.0 Å². The van der Waals surface area contributed by atoms with Gasteiger partial charge in [0.15, 0.2) is 28.8 Å². The maximum absolute atomic E-state index is 12.9. The van der Waals surface area contributed by atoms with Crippen LogP contribution < -0.4 is 23.4 Å². The van der Waals surface area contributed by atoms with E-state index in [0.717, 1.165) is 4.42 Å². The summed E-state index contributed by atoms with van der Waals surface area (Å²) < 4.78 is 22.2. The Labute approximate surface area is 202 Å². The van der Waals surface area contributed by atoms with Crippen LogP contribution in [0.4, 0.5) is 11.4 Å². The molecule has 0 aliphatic carbocycles. The number of amides is 1. The number of azo groups is 1. The van der Waals surface area contributed by atoms with E-state index in [9.17, 15) is 9.59 Å². The molecular formula is C22H25Cl2N3O6. The van der Waals surface area contributed by atoms with E-state index >= 15 is 0 Å². The Morgan fingerprint density at radius 2 is 1.67 bits per heavy atom. The second-order valence-electron chi connectivity index (χ2n) is 6.51. The Kier molecular flexibility index (Phi) is 9.74. The van der Waals surface area contributed by atoms with E-state index in [2.05, 4.69) is 10.2 Å². The van der Waals surface area contributed by atoms with Crippen molar-refractivity contribution < 1.29 is 28.5 Å². The molecule has 0 saturated carbocycles. The number of hydrogen-bond donors (Lipinski definition) is 0. The molecule has 0 spiro atoms. The van der Waals surface area contributed by atoms with Crippen LogP contribution in [0, 0.1) is 0 Å². The summed E-state index contributed by atoms with van der Waals surface area (Å²) in [6, 6.07) is 6.19. The first-order chi connectivity index (χ1) is 15.8. The zero-order valence-corrected chi connectivity index (χ0v) is 20.4. The van der Waals surface area contributed by atoms with E-state index in [-0.39, 0.29) is 16.4 Å². The Balaban J connectivity index is 2.33. The topological polar surface area (TPSA) is 99.0 Å². The zero-order chi connectivity index (χ0) is 24.5. The van der Waals surface area contributed by atoms with Crippen molar-refractivity contribution in [1.82, 2.24) is 0 Å². The van der Waals surface area contributed by atoms with Crippen molar-refractivity contribution in [2.75, 3.05) is 31.9 Å². The number of ketones is 1. The molecule has 11 heteroatoms. The van der Waals surface area contributed by atoms with Gasteiger partial charge in [-0.1, -0.05) is 11.6 Å². The summed E-state index contributed by atoms with van der Waals surface area (Å²) in [6.45, 7) is 5.61. The molecular weight excluding hydrogens is 473 g/mol. The quantitative estimate of drug-likeness (QED) is 0.234. The molecule has 0 fully saturated rings. The molecule has 178 valence electrons. The molecule has 2 aromatic carbocycles. The number of methoxy groups -OCH3 is 2. The predicted octanol–water partition coefficient (Wildman–Crippen LogP) is 5.38. The van der Waals surface area contributed by atoms with Crippen LogP contribution in [0.25, 0.3) is 0 Å². The molecule has 2 rings (SSSR count). The maximum atomic E-state index is 12.9. The first-order valence-electron chi connectivity index (χ1n) is 9.99. The highest BCUT2D eigenvalue weighted by Gasteiger charge is 2.29. The molecule has 2 aromatic rings. The van der Waals surface area contributed by atoms with Gasteiger partial charge in [-0.15, -0.1) is 0 Å². The number of benzene rings is 2. The second kappa shape index (κ2) is 12.3. The van der Waals surface area contributed by atoms with Crippen molar-refractivity contribution in [3.8, 4) is 23.0 Å². The van der Waals surface area contributed by atoms with Crippen LogP contribution in [0.3, 0.4) is 0 Å². The first-order valence-corrected chi connectivity index (χ1v) is 10.7. The average Bonchev–Trinajstić information content (AvgIpc) is 2.80. The van der Waals surface area contributed by atoms with Gasteiger partial charge >= 0.3 is 0 Å². The molecule has 1 amide bonds. The second-order valence-corrected chi connectivity index (χ2v) is 7.25. The minimum atomic E-state index is -1.48. The van der Waals surface area contributed by atoms with Gasteiger partial charge in [-0.25, -0.2) is 4.42 Å². The van der Waals surface area contributed by atoms with Crippen LogP contribution in [-0.4, -0.2) is 45.2 Å². The van der Waals surface area contributed by atoms with E-state index in [1.54, 1.807) is 18.2 Å². The van der Waals surface area contributed by atoms with Crippen LogP contribution in [0.2, 0.25) is 5.02 Å². The lowest BCUT2D eigenvalue weighted by Gasteiger charge is -2.18. The Bertz CT molecular complexity index is 1030. The Morgan fingerprint density at radius 3 is 2.24 bits per heavy atom. The highest BCUT2D eigenvalue weighted by atomic mass is 35.5. The highest BCUT2D eigenvalue weighted by molar-refractivity contribution is 6.39. The number of ether oxygens (including phenoxy) is 4. The number of nitrogens with zero attached hydrogens (tertiary/aromatic N) is 3. The van der Waals surface area contributed by atoms with Gasteiger partial charge in [0, 0.05) is 23.9 Å². The van der Waals surface area contributed by atoms with E-state index in [1.165, 1.54) is 33.3 Å². The van der Waals surface area contributed by atoms with Crippen LogP contribution in [0.1, 0.15) is 20.8 Å². The molecule has 0 heterocycles. The van der Waals surface area contributed by atoms with E-state index < -0.39 is 17.7 Å². The number of rotatable bonds is 11. The van der Waals surface area contributed by atoms with Crippen molar-refractivity contribution >= 4 is 46.4 Å². The summed E-state index contributed by atoms with van der Waals surface area (Å²) >= 11 is 12.5. The average molecular weight is 498 g/mol. The van der Waals surface area contributed by atoms with E-state index in [0.29, 0.717) is 36.2 Å². The smallest absolute Gasteiger partial charge is 0.276 e. The van der Waals surface area contributed by atoms with Gasteiger partial charge in [0.1, 0.15) is 0 Å². The van der Waals surface area contributed by atoms with Gasteiger partial charge in [-0.2, -0.15) is 10.2 Å². The maximum Gasteiger partial charge on any atom is 0.276 e. The largest absolute Gasteiger partial charge is 0.493 e. The molecule has 33 heavy (non-hydrogen) atoms. The summed E-state index contributed by atoms with van der Waals surface area (Å²) in [6.07, 6.45) is 0. The molecule has 0 saturated heterocycles. The number of anilines is 1. The summed E-state index contributed by atoms with van der Waals surface area (Å²) in [5, 5.41) is 8.20. The van der Waals surface area contributed by atoms with E-state index in [4.69, 9.17) is 42.3 Å². The lowest BCUT2D eigenvalue weighted by Crippen LogP contribution is -2.36. The summed E-state index contributed by atoms with van der Waals surface area (Å²) in [4.78, 5) is 25.1. The molecule has 0 radical (unpaired) electrons. The molecule has 0 aliphatic heterocycles. The number of carbonyl (C=O) groups is 2. The van der Waals surface area contributed by atoms with Gasteiger partial charge in [-0.3, -0.25) is 9.59 Å². The van der Waals surface area contributed by atoms with Gasteiger partial charge in [0.2, 0.25) is 6.04 Å². The van der Waals surface area contributed by atoms with Crippen molar-refractivity contribution in [3.63, 3.8) is 0 Å². The normalized spacial score (nSPS) is 11.7. The lowest BCUT2D eigenvalue weighted by molar-refractivity contribution is -0.126. The predicted molar refractivity (Wildman–Crippen MR) is 126 cm³/mol.